The Morgan fingerprint density at radius 1 is 0.972 bits per heavy atom. The van der Waals surface area contributed by atoms with Crippen LogP contribution in [0.2, 0.25) is 0 Å². The highest BCUT2D eigenvalue weighted by Gasteiger charge is 2.30. The Kier molecular flexibility index (Phi) is 7.23. The van der Waals surface area contributed by atoms with Crippen LogP contribution in [-0.2, 0) is 11.0 Å². The molecule has 186 valence electrons. The Morgan fingerprint density at radius 3 is 2.25 bits per heavy atom. The summed E-state index contributed by atoms with van der Waals surface area (Å²) >= 11 is 0. The Hall–Kier alpha value is -4.34. The highest BCUT2D eigenvalue weighted by molar-refractivity contribution is 5.92. The maximum atomic E-state index is 13.0. The van der Waals surface area contributed by atoms with E-state index >= 15 is 0 Å². The predicted octanol–water partition coefficient (Wildman–Crippen LogP) is 5.76. The maximum Gasteiger partial charge on any atom is 0.416 e. The highest BCUT2D eigenvalue weighted by atomic mass is 19.4. The molecule has 10 heteroatoms. The minimum Gasteiger partial charge on any atom is -0.484 e. The fraction of sp³-hybridized carbons (Fsp3) is 0.192. The first kappa shape index (κ1) is 24.8. The van der Waals surface area contributed by atoms with Crippen molar-refractivity contribution < 1.29 is 27.4 Å². The molecule has 0 atom stereocenters. The summed E-state index contributed by atoms with van der Waals surface area (Å²) in [5.74, 6) is 0.572. The molecule has 1 N–H and O–H groups in total. The summed E-state index contributed by atoms with van der Waals surface area (Å²) in [7, 11) is 0. The summed E-state index contributed by atoms with van der Waals surface area (Å²) in [4.78, 5) is 16.6. The van der Waals surface area contributed by atoms with Crippen molar-refractivity contribution in [2.45, 2.75) is 26.1 Å². The van der Waals surface area contributed by atoms with E-state index in [2.05, 4.69) is 15.4 Å². The van der Waals surface area contributed by atoms with Crippen molar-refractivity contribution >= 4 is 11.6 Å². The lowest BCUT2D eigenvalue weighted by Crippen LogP contribution is -2.20. The Bertz CT molecular complexity index is 1300. The van der Waals surface area contributed by atoms with Crippen LogP contribution in [-0.4, -0.2) is 33.4 Å². The van der Waals surface area contributed by atoms with Gasteiger partial charge in [-0.05, 0) is 62.4 Å². The number of hydrogen-bond donors (Lipinski definition) is 1. The summed E-state index contributed by atoms with van der Waals surface area (Å²) in [6.45, 7) is 3.48. The molecule has 0 aliphatic carbocycles. The van der Waals surface area contributed by atoms with E-state index in [0.717, 1.165) is 12.1 Å². The maximum absolute atomic E-state index is 13.0. The molecular weight excluding hydrogens is 473 g/mol. The summed E-state index contributed by atoms with van der Waals surface area (Å²) in [6, 6.07) is 20.5. The first-order valence-electron chi connectivity index (χ1n) is 11.1. The number of rotatable bonds is 8. The predicted molar refractivity (Wildman–Crippen MR) is 128 cm³/mol. The van der Waals surface area contributed by atoms with Gasteiger partial charge in [0, 0.05) is 11.3 Å². The van der Waals surface area contributed by atoms with Crippen molar-refractivity contribution in [2.75, 3.05) is 11.9 Å². The largest absolute Gasteiger partial charge is 0.484 e. The second kappa shape index (κ2) is 10.5. The quantitative estimate of drug-likeness (QED) is 0.336. The van der Waals surface area contributed by atoms with Gasteiger partial charge >= 0.3 is 12.2 Å². The van der Waals surface area contributed by atoms with E-state index in [1.54, 1.807) is 36.4 Å². The molecule has 1 aromatic heterocycles. The van der Waals surface area contributed by atoms with Crippen LogP contribution >= 0.6 is 0 Å². The molecule has 0 bridgehead atoms. The first-order chi connectivity index (χ1) is 17.2. The van der Waals surface area contributed by atoms with E-state index in [1.165, 1.54) is 16.8 Å². The molecule has 7 nitrogen and oxygen atoms in total. The minimum atomic E-state index is -4.44. The van der Waals surface area contributed by atoms with Gasteiger partial charge in [0.1, 0.15) is 5.75 Å². The smallest absolute Gasteiger partial charge is 0.416 e. The number of amides is 1. The summed E-state index contributed by atoms with van der Waals surface area (Å²) < 4.78 is 51.5. The van der Waals surface area contributed by atoms with E-state index in [-0.39, 0.29) is 24.6 Å². The molecule has 0 aliphatic heterocycles. The molecule has 4 rings (SSSR count). The molecule has 0 saturated carbocycles. The molecule has 4 aromatic rings. The van der Waals surface area contributed by atoms with Crippen LogP contribution in [0.25, 0.3) is 17.1 Å². The van der Waals surface area contributed by atoms with Gasteiger partial charge in [0.2, 0.25) is 0 Å². The van der Waals surface area contributed by atoms with Crippen molar-refractivity contribution in [3.63, 3.8) is 0 Å². The molecule has 1 heterocycles. The van der Waals surface area contributed by atoms with E-state index < -0.39 is 11.7 Å². The van der Waals surface area contributed by atoms with E-state index in [9.17, 15) is 18.0 Å². The lowest BCUT2D eigenvalue weighted by Gasteiger charge is -2.10. The number of nitrogens with zero attached hydrogens (tertiary/aromatic N) is 3. The number of benzene rings is 3. The fourth-order valence-electron chi connectivity index (χ4n) is 3.28. The van der Waals surface area contributed by atoms with Gasteiger partial charge in [-0.3, -0.25) is 4.79 Å². The second-order valence-electron chi connectivity index (χ2n) is 8.07. The SMILES string of the molecule is CC(C)Oc1nc(-c2ccc(C(F)(F)F)cc2)n(-c2ccc(NC(=O)COc3ccccc3)cc2)n1. The number of alkyl halides is 3. The van der Waals surface area contributed by atoms with E-state index in [1.807, 2.05) is 32.0 Å². The molecule has 0 fully saturated rings. The van der Waals surface area contributed by atoms with Gasteiger partial charge in [-0.1, -0.05) is 30.3 Å². The van der Waals surface area contributed by atoms with Gasteiger partial charge in [0.15, 0.2) is 12.4 Å². The normalized spacial score (nSPS) is 11.4. The third-order valence-corrected chi connectivity index (χ3v) is 4.91. The topological polar surface area (TPSA) is 78.3 Å². The first-order valence-corrected chi connectivity index (χ1v) is 11.1. The number of carbonyl (C=O) groups excluding carboxylic acids is 1. The molecule has 0 radical (unpaired) electrons. The van der Waals surface area contributed by atoms with Crippen molar-refractivity contribution in [3.8, 4) is 28.8 Å². The zero-order valence-corrected chi connectivity index (χ0v) is 19.5. The average Bonchev–Trinajstić information content (AvgIpc) is 3.26. The lowest BCUT2D eigenvalue weighted by molar-refractivity contribution is -0.137. The zero-order chi connectivity index (χ0) is 25.7. The molecule has 36 heavy (non-hydrogen) atoms. The number of hydrogen-bond acceptors (Lipinski definition) is 5. The number of halogens is 3. The zero-order valence-electron chi connectivity index (χ0n) is 19.5. The number of ether oxygens (including phenoxy) is 2. The van der Waals surface area contributed by atoms with Crippen molar-refractivity contribution in [2.24, 2.45) is 0 Å². The van der Waals surface area contributed by atoms with Crippen LogP contribution in [0.1, 0.15) is 19.4 Å². The summed E-state index contributed by atoms with van der Waals surface area (Å²) in [5, 5.41) is 7.12. The van der Waals surface area contributed by atoms with Crippen LogP contribution in [0.3, 0.4) is 0 Å². The van der Waals surface area contributed by atoms with Crippen LogP contribution in [0.4, 0.5) is 18.9 Å². The van der Waals surface area contributed by atoms with Crippen molar-refractivity contribution in [1.29, 1.82) is 0 Å². The molecule has 0 spiro atoms. The van der Waals surface area contributed by atoms with Gasteiger partial charge < -0.3 is 14.8 Å². The third kappa shape index (κ3) is 6.21. The Balaban J connectivity index is 1.53. The monoisotopic (exact) mass is 496 g/mol. The number of anilines is 1. The van der Waals surface area contributed by atoms with Gasteiger partial charge in [-0.15, -0.1) is 5.10 Å². The number of aromatic nitrogens is 3. The highest BCUT2D eigenvalue weighted by Crippen LogP contribution is 2.31. The third-order valence-electron chi connectivity index (χ3n) is 4.91. The molecule has 0 aliphatic rings. The summed E-state index contributed by atoms with van der Waals surface area (Å²) in [6.07, 6.45) is -4.64. The molecular formula is C26H23F3N4O3. The van der Waals surface area contributed by atoms with Crippen molar-refractivity contribution in [1.82, 2.24) is 14.8 Å². The fourth-order valence-corrected chi connectivity index (χ4v) is 3.28. The van der Waals surface area contributed by atoms with Crippen LogP contribution < -0.4 is 14.8 Å². The van der Waals surface area contributed by atoms with E-state index in [0.29, 0.717) is 28.5 Å². The van der Waals surface area contributed by atoms with Crippen molar-refractivity contribution in [3.05, 3.63) is 84.4 Å². The summed E-state index contributed by atoms with van der Waals surface area (Å²) in [5.41, 5.74) is 0.793. The molecule has 0 saturated heterocycles. The average molecular weight is 496 g/mol. The number of nitrogens with one attached hydrogen (secondary N) is 1. The van der Waals surface area contributed by atoms with Crippen LogP contribution in [0.15, 0.2) is 78.9 Å². The van der Waals surface area contributed by atoms with Gasteiger partial charge in [0.25, 0.3) is 5.91 Å². The lowest BCUT2D eigenvalue weighted by atomic mass is 10.1. The second-order valence-corrected chi connectivity index (χ2v) is 8.07. The molecule has 1 amide bonds. The number of para-hydroxylation sites is 1. The van der Waals surface area contributed by atoms with Crippen LogP contribution in [0.5, 0.6) is 11.8 Å². The standard InChI is InChI=1S/C26H23F3N4O3/c1-17(2)36-25-31-24(18-8-10-19(11-9-18)26(27,28)29)33(32-25)21-14-12-20(13-15-21)30-23(34)16-35-22-6-4-3-5-7-22/h3-15,17H,16H2,1-2H3,(H,30,34). The van der Waals surface area contributed by atoms with E-state index in [4.69, 9.17) is 9.47 Å². The Morgan fingerprint density at radius 2 is 1.64 bits per heavy atom. The number of carbonyl (C=O) groups is 1. The minimum absolute atomic E-state index is 0.0929. The van der Waals surface area contributed by atoms with Gasteiger partial charge in [-0.25, -0.2) is 4.68 Å². The van der Waals surface area contributed by atoms with Gasteiger partial charge in [0.05, 0.1) is 17.4 Å². The molecule has 0 unspecified atom stereocenters. The van der Waals surface area contributed by atoms with Crippen LogP contribution in [0, 0.1) is 0 Å². The van der Waals surface area contributed by atoms with Gasteiger partial charge in [-0.2, -0.15) is 18.2 Å². The Labute approximate surface area is 205 Å². The molecule has 3 aromatic carbocycles.